The normalized spacial score (nSPS) is 16.3. The summed E-state index contributed by atoms with van der Waals surface area (Å²) in [6, 6.07) is 8.11. The molecule has 0 radical (unpaired) electrons. The Labute approximate surface area is 123 Å². The van der Waals surface area contributed by atoms with Crippen molar-refractivity contribution in [3.05, 3.63) is 34.9 Å². The van der Waals surface area contributed by atoms with Crippen molar-refractivity contribution in [1.82, 2.24) is 10.6 Å². The molecule has 1 aromatic rings. The molecule has 1 saturated heterocycles. The third-order valence-corrected chi connectivity index (χ3v) is 4.38. The SMILES string of the molecule is O=C(CSCc1ccc(Cl)cc1)NC1CCNCC1. The van der Waals surface area contributed by atoms with Crippen LogP contribution in [0.3, 0.4) is 0 Å². The molecule has 0 spiro atoms. The fourth-order valence-electron chi connectivity index (χ4n) is 2.08. The minimum Gasteiger partial charge on any atom is -0.353 e. The van der Waals surface area contributed by atoms with Crippen molar-refractivity contribution in [3.8, 4) is 0 Å². The molecule has 104 valence electrons. The zero-order valence-electron chi connectivity index (χ0n) is 10.8. The van der Waals surface area contributed by atoms with E-state index in [-0.39, 0.29) is 5.91 Å². The molecule has 2 N–H and O–H groups in total. The van der Waals surface area contributed by atoms with Crippen molar-refractivity contribution >= 4 is 29.3 Å². The first-order valence-electron chi connectivity index (χ1n) is 6.56. The Balaban J connectivity index is 1.64. The fraction of sp³-hybridized carbons (Fsp3) is 0.500. The summed E-state index contributed by atoms with van der Waals surface area (Å²) in [7, 11) is 0. The van der Waals surface area contributed by atoms with E-state index in [0.717, 1.165) is 36.7 Å². The number of carbonyl (C=O) groups is 1. The van der Waals surface area contributed by atoms with Gasteiger partial charge in [-0.1, -0.05) is 23.7 Å². The number of carbonyl (C=O) groups excluding carboxylic acids is 1. The van der Waals surface area contributed by atoms with Gasteiger partial charge < -0.3 is 10.6 Å². The lowest BCUT2D eigenvalue weighted by atomic mass is 10.1. The third-order valence-electron chi connectivity index (χ3n) is 3.12. The van der Waals surface area contributed by atoms with Gasteiger partial charge in [0.2, 0.25) is 5.91 Å². The van der Waals surface area contributed by atoms with Crippen molar-refractivity contribution in [2.45, 2.75) is 24.6 Å². The van der Waals surface area contributed by atoms with Gasteiger partial charge in [-0.3, -0.25) is 4.79 Å². The summed E-state index contributed by atoms with van der Waals surface area (Å²) >= 11 is 7.47. The largest absolute Gasteiger partial charge is 0.353 e. The molecule has 1 heterocycles. The number of hydrogen-bond donors (Lipinski definition) is 2. The summed E-state index contributed by atoms with van der Waals surface area (Å²) < 4.78 is 0. The third kappa shape index (κ3) is 5.43. The maximum atomic E-state index is 11.8. The van der Waals surface area contributed by atoms with Crippen LogP contribution in [0, 0.1) is 0 Å². The van der Waals surface area contributed by atoms with Gasteiger partial charge in [0.15, 0.2) is 0 Å². The highest BCUT2D eigenvalue weighted by atomic mass is 35.5. The summed E-state index contributed by atoms with van der Waals surface area (Å²) in [5.74, 6) is 1.51. The smallest absolute Gasteiger partial charge is 0.230 e. The van der Waals surface area contributed by atoms with E-state index in [1.54, 1.807) is 11.8 Å². The molecule has 0 atom stereocenters. The number of nitrogens with one attached hydrogen (secondary N) is 2. The van der Waals surface area contributed by atoms with Gasteiger partial charge in [0.25, 0.3) is 0 Å². The van der Waals surface area contributed by atoms with Crippen LogP contribution >= 0.6 is 23.4 Å². The van der Waals surface area contributed by atoms with Crippen molar-refractivity contribution in [1.29, 1.82) is 0 Å². The number of thioether (sulfide) groups is 1. The second-order valence-corrected chi connectivity index (χ2v) is 6.13. The number of rotatable bonds is 5. The van der Waals surface area contributed by atoms with Gasteiger partial charge in [0.05, 0.1) is 5.75 Å². The summed E-state index contributed by atoms with van der Waals surface area (Å²) in [4.78, 5) is 11.8. The number of halogens is 1. The molecule has 1 aliphatic rings. The highest BCUT2D eigenvalue weighted by Gasteiger charge is 2.14. The van der Waals surface area contributed by atoms with Gasteiger partial charge in [-0.2, -0.15) is 0 Å². The average molecular weight is 299 g/mol. The van der Waals surface area contributed by atoms with Crippen LogP contribution in [0.4, 0.5) is 0 Å². The first kappa shape index (κ1) is 14.7. The van der Waals surface area contributed by atoms with E-state index >= 15 is 0 Å². The predicted molar refractivity (Wildman–Crippen MR) is 81.6 cm³/mol. The van der Waals surface area contributed by atoms with Crippen LogP contribution in [-0.2, 0) is 10.5 Å². The van der Waals surface area contributed by atoms with E-state index in [9.17, 15) is 4.79 Å². The standard InChI is InChI=1S/C14H19ClN2OS/c15-12-3-1-11(2-4-12)9-19-10-14(18)17-13-5-7-16-8-6-13/h1-4,13,16H,5-10H2,(H,17,18). The molecule has 19 heavy (non-hydrogen) atoms. The van der Waals surface area contributed by atoms with Gasteiger partial charge in [0.1, 0.15) is 0 Å². The summed E-state index contributed by atoms with van der Waals surface area (Å²) in [6.07, 6.45) is 2.07. The van der Waals surface area contributed by atoms with Gasteiger partial charge >= 0.3 is 0 Å². The number of piperidine rings is 1. The molecule has 0 aromatic heterocycles. The van der Waals surface area contributed by atoms with E-state index in [4.69, 9.17) is 11.6 Å². The molecule has 5 heteroatoms. The maximum Gasteiger partial charge on any atom is 0.230 e. The monoisotopic (exact) mass is 298 g/mol. The van der Waals surface area contributed by atoms with E-state index in [0.29, 0.717) is 11.8 Å². The predicted octanol–water partition coefficient (Wildman–Crippen LogP) is 2.44. The first-order chi connectivity index (χ1) is 9.24. The number of benzene rings is 1. The van der Waals surface area contributed by atoms with E-state index < -0.39 is 0 Å². The number of hydrogen-bond acceptors (Lipinski definition) is 3. The summed E-state index contributed by atoms with van der Waals surface area (Å²) in [5.41, 5.74) is 1.20. The topological polar surface area (TPSA) is 41.1 Å². The van der Waals surface area contributed by atoms with Crippen LogP contribution in [0.5, 0.6) is 0 Å². The lowest BCUT2D eigenvalue weighted by Gasteiger charge is -2.23. The second-order valence-electron chi connectivity index (χ2n) is 4.71. The first-order valence-corrected chi connectivity index (χ1v) is 8.09. The molecular weight excluding hydrogens is 280 g/mol. The lowest BCUT2D eigenvalue weighted by molar-refractivity contribution is -0.119. The molecule has 0 aliphatic carbocycles. The average Bonchev–Trinajstić information content (AvgIpc) is 2.42. The van der Waals surface area contributed by atoms with Crippen LogP contribution in [-0.4, -0.2) is 30.8 Å². The van der Waals surface area contributed by atoms with Crippen molar-refractivity contribution < 1.29 is 4.79 Å². The van der Waals surface area contributed by atoms with Gasteiger partial charge in [-0.05, 0) is 43.6 Å². The molecule has 1 aromatic carbocycles. The highest BCUT2D eigenvalue weighted by Crippen LogP contribution is 2.15. The van der Waals surface area contributed by atoms with Crippen molar-refractivity contribution in [2.75, 3.05) is 18.8 Å². The Bertz CT molecular complexity index is 404. The molecule has 0 bridgehead atoms. The minimum absolute atomic E-state index is 0.144. The highest BCUT2D eigenvalue weighted by molar-refractivity contribution is 7.99. The maximum absolute atomic E-state index is 11.8. The molecule has 3 nitrogen and oxygen atoms in total. The van der Waals surface area contributed by atoms with Crippen LogP contribution in [0.25, 0.3) is 0 Å². The molecule has 0 unspecified atom stereocenters. The van der Waals surface area contributed by atoms with Gasteiger partial charge in [-0.15, -0.1) is 11.8 Å². The lowest BCUT2D eigenvalue weighted by Crippen LogP contribution is -2.43. The van der Waals surface area contributed by atoms with Crippen LogP contribution < -0.4 is 10.6 Å². The molecule has 1 fully saturated rings. The molecule has 2 rings (SSSR count). The molecule has 1 amide bonds. The zero-order valence-corrected chi connectivity index (χ0v) is 12.4. The Morgan fingerprint density at radius 2 is 2.00 bits per heavy atom. The summed E-state index contributed by atoms with van der Waals surface area (Å²) in [5, 5.41) is 7.13. The Morgan fingerprint density at radius 1 is 1.32 bits per heavy atom. The van der Waals surface area contributed by atoms with E-state index in [2.05, 4.69) is 10.6 Å². The Morgan fingerprint density at radius 3 is 2.68 bits per heavy atom. The Kier molecular flexibility index (Phi) is 6.01. The van der Waals surface area contributed by atoms with Crippen LogP contribution in [0.15, 0.2) is 24.3 Å². The Hall–Kier alpha value is -0.710. The minimum atomic E-state index is 0.144. The van der Waals surface area contributed by atoms with Gasteiger partial charge in [0, 0.05) is 16.8 Å². The van der Waals surface area contributed by atoms with Crippen molar-refractivity contribution in [3.63, 3.8) is 0 Å². The molecule has 1 aliphatic heterocycles. The summed E-state index contributed by atoms with van der Waals surface area (Å²) in [6.45, 7) is 2.01. The quantitative estimate of drug-likeness (QED) is 0.877. The second kappa shape index (κ2) is 7.78. The van der Waals surface area contributed by atoms with Crippen molar-refractivity contribution in [2.24, 2.45) is 0 Å². The van der Waals surface area contributed by atoms with E-state index in [1.807, 2.05) is 24.3 Å². The molecular formula is C14H19ClN2OS. The van der Waals surface area contributed by atoms with E-state index in [1.165, 1.54) is 5.56 Å². The number of amides is 1. The fourth-order valence-corrected chi connectivity index (χ4v) is 3.00. The van der Waals surface area contributed by atoms with Crippen LogP contribution in [0.2, 0.25) is 5.02 Å². The van der Waals surface area contributed by atoms with Gasteiger partial charge in [-0.25, -0.2) is 0 Å². The molecule has 0 saturated carbocycles. The van der Waals surface area contributed by atoms with Crippen LogP contribution in [0.1, 0.15) is 18.4 Å². The zero-order chi connectivity index (χ0) is 13.5.